The van der Waals surface area contributed by atoms with Gasteiger partial charge in [0.15, 0.2) is 0 Å². The van der Waals surface area contributed by atoms with Crippen molar-refractivity contribution >= 4 is 17.7 Å². The molecule has 4 rings (SSSR count). The smallest absolute Gasteiger partial charge is 0.230 e. The van der Waals surface area contributed by atoms with Gasteiger partial charge in [0.2, 0.25) is 11.9 Å². The second kappa shape index (κ2) is 6.31. The normalized spacial score (nSPS) is 23.4. The van der Waals surface area contributed by atoms with Gasteiger partial charge >= 0.3 is 0 Å². The summed E-state index contributed by atoms with van der Waals surface area (Å²) in [6.45, 7) is 2.89. The lowest BCUT2D eigenvalue weighted by molar-refractivity contribution is -0.145. The van der Waals surface area contributed by atoms with E-state index >= 15 is 0 Å². The Labute approximate surface area is 146 Å². The molecule has 1 spiro atoms. The number of hydrogen-bond acceptors (Lipinski definition) is 6. The number of carbonyl (C=O) groups excluding carboxylic acids is 1. The Morgan fingerprint density at radius 3 is 2.92 bits per heavy atom. The van der Waals surface area contributed by atoms with E-state index in [-0.39, 0.29) is 11.3 Å². The number of hydrogen-bond donors (Lipinski definition) is 1. The van der Waals surface area contributed by atoms with Crippen LogP contribution in [0.25, 0.3) is 0 Å². The minimum absolute atomic E-state index is 0.244. The largest absolute Gasteiger partial charge is 0.384 e. The van der Waals surface area contributed by atoms with E-state index < -0.39 is 0 Å². The van der Waals surface area contributed by atoms with E-state index in [1.165, 1.54) is 0 Å². The minimum atomic E-state index is -0.325. The van der Waals surface area contributed by atoms with Crippen molar-refractivity contribution in [2.45, 2.75) is 25.8 Å². The quantitative estimate of drug-likeness (QED) is 0.912. The van der Waals surface area contributed by atoms with Crippen molar-refractivity contribution in [3.05, 3.63) is 42.4 Å². The van der Waals surface area contributed by atoms with Gasteiger partial charge in [0.25, 0.3) is 0 Å². The third kappa shape index (κ3) is 3.01. The summed E-state index contributed by atoms with van der Waals surface area (Å²) in [6, 6.07) is 5.60. The molecule has 0 bridgehead atoms. The van der Waals surface area contributed by atoms with E-state index in [9.17, 15) is 4.79 Å². The van der Waals surface area contributed by atoms with Crippen LogP contribution in [0.3, 0.4) is 0 Å². The van der Waals surface area contributed by atoms with Gasteiger partial charge in [-0.25, -0.2) is 4.98 Å². The SMILES string of the molecule is Nc1ccnc(N2CC[C@]3(CCCN(Cc4cccnc4)C3=O)C2)n1. The maximum Gasteiger partial charge on any atom is 0.230 e. The third-order valence-electron chi connectivity index (χ3n) is 5.22. The van der Waals surface area contributed by atoms with Gasteiger partial charge in [-0.1, -0.05) is 6.07 Å². The van der Waals surface area contributed by atoms with Crippen LogP contribution in [-0.4, -0.2) is 45.4 Å². The van der Waals surface area contributed by atoms with Gasteiger partial charge in [-0.15, -0.1) is 0 Å². The van der Waals surface area contributed by atoms with Crippen molar-refractivity contribution in [1.82, 2.24) is 19.9 Å². The van der Waals surface area contributed by atoms with Crippen LogP contribution in [0.1, 0.15) is 24.8 Å². The van der Waals surface area contributed by atoms with Crippen LogP contribution in [-0.2, 0) is 11.3 Å². The van der Waals surface area contributed by atoms with Crippen molar-refractivity contribution in [1.29, 1.82) is 0 Å². The van der Waals surface area contributed by atoms with E-state index in [0.29, 0.717) is 24.9 Å². The van der Waals surface area contributed by atoms with E-state index in [1.807, 2.05) is 23.2 Å². The molecule has 0 unspecified atom stereocenters. The lowest BCUT2D eigenvalue weighted by atomic mass is 9.78. The summed E-state index contributed by atoms with van der Waals surface area (Å²) in [5.74, 6) is 1.32. The minimum Gasteiger partial charge on any atom is -0.384 e. The number of aromatic nitrogens is 3. The van der Waals surface area contributed by atoms with Crippen LogP contribution in [0.5, 0.6) is 0 Å². The maximum atomic E-state index is 13.2. The highest BCUT2D eigenvalue weighted by Gasteiger charge is 2.48. The topological polar surface area (TPSA) is 88.2 Å². The number of nitrogen functional groups attached to an aromatic ring is 1. The average molecular weight is 338 g/mol. The Balaban J connectivity index is 1.51. The van der Waals surface area contributed by atoms with E-state index in [4.69, 9.17) is 5.73 Å². The first kappa shape index (κ1) is 15.8. The molecule has 2 fully saturated rings. The number of likely N-dealkylation sites (tertiary alicyclic amines) is 1. The zero-order valence-corrected chi connectivity index (χ0v) is 14.1. The first-order valence-electron chi connectivity index (χ1n) is 8.68. The van der Waals surface area contributed by atoms with Crippen molar-refractivity contribution in [3.8, 4) is 0 Å². The van der Waals surface area contributed by atoms with Crippen molar-refractivity contribution in [3.63, 3.8) is 0 Å². The second-order valence-electron chi connectivity index (χ2n) is 6.92. The monoisotopic (exact) mass is 338 g/mol. The predicted octanol–water partition coefficient (Wildman–Crippen LogP) is 1.47. The number of carbonyl (C=O) groups is 1. The van der Waals surface area contributed by atoms with Gasteiger partial charge in [-0.3, -0.25) is 9.78 Å². The number of piperidine rings is 1. The molecule has 0 aromatic carbocycles. The van der Waals surface area contributed by atoms with E-state index in [1.54, 1.807) is 18.5 Å². The first-order valence-corrected chi connectivity index (χ1v) is 8.68. The molecule has 7 nitrogen and oxygen atoms in total. The highest BCUT2D eigenvalue weighted by Crippen LogP contribution is 2.41. The molecule has 4 heterocycles. The molecule has 130 valence electrons. The number of amides is 1. The summed E-state index contributed by atoms with van der Waals surface area (Å²) in [7, 11) is 0. The van der Waals surface area contributed by atoms with Crippen LogP contribution < -0.4 is 10.6 Å². The Morgan fingerprint density at radius 2 is 2.12 bits per heavy atom. The highest BCUT2D eigenvalue weighted by atomic mass is 16.2. The van der Waals surface area contributed by atoms with Crippen molar-refractivity contribution in [2.24, 2.45) is 5.41 Å². The summed E-state index contributed by atoms with van der Waals surface area (Å²) >= 11 is 0. The van der Waals surface area contributed by atoms with Gasteiger partial charge in [-0.05, 0) is 37.0 Å². The van der Waals surface area contributed by atoms with Crippen molar-refractivity contribution in [2.75, 3.05) is 30.3 Å². The summed E-state index contributed by atoms with van der Waals surface area (Å²) < 4.78 is 0. The fourth-order valence-electron chi connectivity index (χ4n) is 3.95. The standard InChI is InChI=1S/C18H22N6O/c19-15-4-8-21-17(22-15)24-10-6-18(13-24)5-2-9-23(16(18)25)12-14-3-1-7-20-11-14/h1,3-4,7-8,11H,2,5-6,9-10,12-13H2,(H2,19,21,22)/t18-/m1/s1. The van der Waals surface area contributed by atoms with Crippen LogP contribution in [0.4, 0.5) is 11.8 Å². The van der Waals surface area contributed by atoms with Crippen molar-refractivity contribution < 1.29 is 4.79 Å². The summed E-state index contributed by atoms with van der Waals surface area (Å²) in [5.41, 5.74) is 6.52. The number of nitrogens with two attached hydrogens (primary N) is 1. The Morgan fingerprint density at radius 1 is 1.20 bits per heavy atom. The molecule has 7 heteroatoms. The molecule has 25 heavy (non-hydrogen) atoms. The number of anilines is 2. The Hall–Kier alpha value is -2.70. The molecule has 2 aromatic rings. The maximum absolute atomic E-state index is 13.2. The van der Waals surface area contributed by atoms with Crippen LogP contribution >= 0.6 is 0 Å². The van der Waals surface area contributed by atoms with E-state index in [0.717, 1.165) is 37.9 Å². The molecular formula is C18H22N6O. The third-order valence-corrected chi connectivity index (χ3v) is 5.22. The first-order chi connectivity index (χ1) is 12.2. The molecule has 2 aliphatic rings. The van der Waals surface area contributed by atoms with Crippen LogP contribution in [0.15, 0.2) is 36.8 Å². The van der Waals surface area contributed by atoms with Gasteiger partial charge in [-0.2, -0.15) is 4.98 Å². The highest BCUT2D eigenvalue weighted by molar-refractivity contribution is 5.85. The van der Waals surface area contributed by atoms with Crippen LogP contribution in [0.2, 0.25) is 0 Å². The molecule has 2 saturated heterocycles. The molecule has 1 amide bonds. The van der Waals surface area contributed by atoms with Gasteiger partial charge in [0.05, 0.1) is 5.41 Å². The summed E-state index contributed by atoms with van der Waals surface area (Å²) in [4.78, 5) is 30.0. The number of rotatable bonds is 3. The molecular weight excluding hydrogens is 316 g/mol. The van der Waals surface area contributed by atoms with Gasteiger partial charge < -0.3 is 15.5 Å². The molecule has 0 aliphatic carbocycles. The lowest BCUT2D eigenvalue weighted by Gasteiger charge is -2.39. The van der Waals surface area contributed by atoms with Gasteiger partial charge in [0.1, 0.15) is 5.82 Å². The van der Waals surface area contributed by atoms with Crippen LogP contribution in [0, 0.1) is 5.41 Å². The summed E-state index contributed by atoms with van der Waals surface area (Å²) in [5, 5.41) is 0. The zero-order chi connectivity index (χ0) is 17.3. The average Bonchev–Trinajstić information content (AvgIpc) is 3.05. The molecule has 0 saturated carbocycles. The Bertz CT molecular complexity index is 767. The molecule has 0 radical (unpaired) electrons. The zero-order valence-electron chi connectivity index (χ0n) is 14.1. The second-order valence-corrected chi connectivity index (χ2v) is 6.92. The number of pyridine rings is 1. The summed E-state index contributed by atoms with van der Waals surface area (Å²) in [6.07, 6.45) is 8.04. The molecule has 2 aromatic heterocycles. The molecule has 2 N–H and O–H groups in total. The Kier molecular flexibility index (Phi) is 3.99. The fraction of sp³-hybridized carbons (Fsp3) is 0.444. The molecule has 1 atom stereocenters. The molecule has 2 aliphatic heterocycles. The predicted molar refractivity (Wildman–Crippen MR) is 94.6 cm³/mol. The lowest BCUT2D eigenvalue weighted by Crippen LogP contribution is -2.49. The number of nitrogens with zero attached hydrogens (tertiary/aromatic N) is 5. The van der Waals surface area contributed by atoms with Gasteiger partial charge in [0, 0.05) is 44.8 Å². The fourth-order valence-corrected chi connectivity index (χ4v) is 3.95. The van der Waals surface area contributed by atoms with E-state index in [2.05, 4.69) is 19.9 Å².